The number of anilines is 1. The minimum Gasteiger partial charge on any atom is -0.354 e. The van der Waals surface area contributed by atoms with E-state index >= 15 is 0 Å². The van der Waals surface area contributed by atoms with Crippen LogP contribution in [0.15, 0.2) is 6.07 Å². The van der Waals surface area contributed by atoms with E-state index in [0.29, 0.717) is 24.4 Å². The number of carbonyl (C=O) groups excluding carboxylic acids is 1. The van der Waals surface area contributed by atoms with Crippen LogP contribution in [0.3, 0.4) is 0 Å². The molecular weight excluding hydrogens is 411 g/mol. The first-order valence-electron chi connectivity index (χ1n) is 10.4. The molecule has 0 radical (unpaired) electrons. The number of halogens is 2. The molecule has 2 heterocycles. The largest absolute Gasteiger partial charge is 0.354 e. The Hall–Kier alpha value is -1.15. The Kier molecular flexibility index (Phi) is 8.52. The number of nitrogens with one attached hydrogen (secondary N) is 1. The molecule has 1 aromatic heterocycles. The van der Waals surface area contributed by atoms with Crippen LogP contribution >= 0.6 is 24.8 Å². The second-order valence-electron chi connectivity index (χ2n) is 8.70. The van der Waals surface area contributed by atoms with E-state index in [2.05, 4.69) is 21.2 Å². The number of carbonyl (C=O) groups is 1. The predicted molar refractivity (Wildman–Crippen MR) is 120 cm³/mol. The van der Waals surface area contributed by atoms with Crippen molar-refractivity contribution in [1.82, 2.24) is 20.2 Å². The molecule has 2 saturated carbocycles. The van der Waals surface area contributed by atoms with Crippen LogP contribution < -0.4 is 16.0 Å². The zero-order valence-corrected chi connectivity index (χ0v) is 19.0. The number of amides is 1. The van der Waals surface area contributed by atoms with Crippen molar-refractivity contribution < 1.29 is 4.79 Å². The molecule has 3 fully saturated rings. The highest BCUT2D eigenvalue weighted by Crippen LogP contribution is 2.41. The number of aromatic nitrogens is 2. The van der Waals surface area contributed by atoms with E-state index in [9.17, 15) is 4.79 Å². The van der Waals surface area contributed by atoms with E-state index in [1.807, 2.05) is 13.8 Å². The van der Waals surface area contributed by atoms with Gasteiger partial charge in [-0.25, -0.2) is 9.97 Å². The Labute approximate surface area is 186 Å². The molecule has 2 aliphatic carbocycles. The molecular formula is C20H34Cl2N6O. The lowest BCUT2D eigenvalue weighted by Crippen LogP contribution is -2.50. The number of nitrogens with two attached hydrogens (primary N) is 1. The first-order valence-corrected chi connectivity index (χ1v) is 10.4. The van der Waals surface area contributed by atoms with Gasteiger partial charge in [-0.2, -0.15) is 0 Å². The number of hydrogen-bond donors (Lipinski definition) is 2. The summed E-state index contributed by atoms with van der Waals surface area (Å²) in [6, 6.07) is 2.71. The summed E-state index contributed by atoms with van der Waals surface area (Å²) >= 11 is 0. The molecule has 1 amide bonds. The Morgan fingerprint density at radius 3 is 2.34 bits per heavy atom. The Morgan fingerprint density at radius 2 is 1.79 bits per heavy atom. The van der Waals surface area contributed by atoms with Gasteiger partial charge in [-0.1, -0.05) is 0 Å². The van der Waals surface area contributed by atoms with Crippen molar-refractivity contribution in [1.29, 1.82) is 0 Å². The van der Waals surface area contributed by atoms with Gasteiger partial charge in [0.25, 0.3) is 0 Å². The van der Waals surface area contributed by atoms with Crippen LogP contribution in [0, 0.1) is 0 Å². The molecule has 0 spiro atoms. The topological polar surface area (TPSA) is 87.4 Å². The second-order valence-corrected chi connectivity index (χ2v) is 8.70. The van der Waals surface area contributed by atoms with Crippen molar-refractivity contribution in [2.75, 3.05) is 37.6 Å². The molecule has 1 aromatic rings. The van der Waals surface area contributed by atoms with Crippen molar-refractivity contribution in [3.63, 3.8) is 0 Å². The summed E-state index contributed by atoms with van der Waals surface area (Å²) in [7, 11) is 0. The average molecular weight is 445 g/mol. The van der Waals surface area contributed by atoms with E-state index in [0.717, 1.165) is 50.7 Å². The molecule has 3 N–H and O–H groups in total. The number of hydrogen-bond acceptors (Lipinski definition) is 6. The number of rotatable bonds is 6. The molecule has 1 saturated heterocycles. The van der Waals surface area contributed by atoms with Gasteiger partial charge in [-0.3, -0.25) is 9.69 Å². The highest BCUT2D eigenvalue weighted by Gasteiger charge is 2.33. The fraction of sp³-hybridized carbons (Fsp3) is 0.750. The summed E-state index contributed by atoms with van der Waals surface area (Å²) in [6.07, 6.45) is 4.51. The van der Waals surface area contributed by atoms with Crippen molar-refractivity contribution >= 4 is 36.5 Å². The lowest BCUT2D eigenvalue weighted by molar-refractivity contribution is -0.122. The summed E-state index contributed by atoms with van der Waals surface area (Å²) in [5.41, 5.74) is 7.17. The van der Waals surface area contributed by atoms with Gasteiger partial charge in [0.05, 0.1) is 6.54 Å². The maximum absolute atomic E-state index is 12.0. The third-order valence-corrected chi connectivity index (χ3v) is 5.80. The van der Waals surface area contributed by atoms with Crippen molar-refractivity contribution in [3.8, 4) is 0 Å². The molecule has 164 valence electrons. The zero-order valence-electron chi connectivity index (χ0n) is 17.3. The van der Waals surface area contributed by atoms with Crippen molar-refractivity contribution in [3.05, 3.63) is 17.6 Å². The average Bonchev–Trinajstić information content (AvgIpc) is 3.43. The van der Waals surface area contributed by atoms with Gasteiger partial charge in [0.15, 0.2) is 0 Å². The van der Waals surface area contributed by atoms with E-state index in [-0.39, 0.29) is 36.8 Å². The van der Waals surface area contributed by atoms with Gasteiger partial charge >= 0.3 is 0 Å². The van der Waals surface area contributed by atoms with E-state index in [4.69, 9.17) is 15.7 Å². The lowest BCUT2D eigenvalue weighted by Gasteiger charge is -2.36. The first kappa shape index (κ1) is 24.1. The maximum atomic E-state index is 12.0. The molecule has 0 unspecified atom stereocenters. The van der Waals surface area contributed by atoms with E-state index in [1.54, 1.807) is 0 Å². The number of piperazine rings is 1. The molecule has 0 bridgehead atoms. The third-order valence-electron chi connectivity index (χ3n) is 5.80. The fourth-order valence-electron chi connectivity index (χ4n) is 3.98. The summed E-state index contributed by atoms with van der Waals surface area (Å²) < 4.78 is 0. The Balaban J connectivity index is 0.00000150. The SMILES string of the molecule is CC(C)NC(=O)CN1CCN(c2cc(C3CC(N)C3)nc(C3CC3)n2)CC1.Cl.Cl. The maximum Gasteiger partial charge on any atom is 0.234 e. The van der Waals surface area contributed by atoms with Crippen LogP contribution in [-0.2, 0) is 4.79 Å². The fourth-order valence-corrected chi connectivity index (χ4v) is 3.98. The highest BCUT2D eigenvalue weighted by molar-refractivity contribution is 5.85. The normalized spacial score (nSPS) is 24.3. The van der Waals surface area contributed by atoms with Crippen molar-refractivity contribution in [2.45, 2.75) is 63.5 Å². The lowest BCUT2D eigenvalue weighted by atomic mass is 9.78. The standard InChI is InChI=1S/C20H32N6O.2ClH/c1-13(2)22-19(27)12-25-5-7-26(8-6-25)18-11-17(15-9-16(21)10-15)23-20(24-18)14-3-4-14;;/h11,13-16H,3-10,12,21H2,1-2H3,(H,22,27);2*1H. The van der Waals surface area contributed by atoms with Crippen LogP contribution in [0.4, 0.5) is 5.82 Å². The minimum atomic E-state index is 0. The monoisotopic (exact) mass is 444 g/mol. The van der Waals surface area contributed by atoms with Crippen LogP contribution in [0.2, 0.25) is 0 Å². The summed E-state index contributed by atoms with van der Waals surface area (Å²) in [5.74, 6) is 3.26. The van der Waals surface area contributed by atoms with Gasteiger partial charge in [-0.15, -0.1) is 24.8 Å². The Bertz CT molecular complexity index is 686. The van der Waals surface area contributed by atoms with Gasteiger partial charge in [0.1, 0.15) is 11.6 Å². The summed E-state index contributed by atoms with van der Waals surface area (Å²) in [4.78, 5) is 26.3. The molecule has 0 atom stereocenters. The zero-order chi connectivity index (χ0) is 19.0. The van der Waals surface area contributed by atoms with Crippen LogP contribution in [0.25, 0.3) is 0 Å². The minimum absolute atomic E-state index is 0. The molecule has 7 nitrogen and oxygen atoms in total. The van der Waals surface area contributed by atoms with Gasteiger partial charge < -0.3 is 16.0 Å². The second kappa shape index (κ2) is 10.2. The van der Waals surface area contributed by atoms with Crippen molar-refractivity contribution in [2.24, 2.45) is 5.73 Å². The number of nitrogens with zero attached hydrogens (tertiary/aromatic N) is 4. The molecule has 3 aliphatic rings. The van der Waals surface area contributed by atoms with Crippen LogP contribution in [0.5, 0.6) is 0 Å². The van der Waals surface area contributed by atoms with Crippen LogP contribution in [-0.4, -0.2) is 65.6 Å². The summed E-state index contributed by atoms with van der Waals surface area (Å²) in [5, 5.41) is 2.97. The molecule has 4 rings (SSSR count). The molecule has 29 heavy (non-hydrogen) atoms. The van der Waals surface area contributed by atoms with Crippen LogP contribution in [0.1, 0.15) is 62.9 Å². The predicted octanol–water partition coefficient (Wildman–Crippen LogP) is 2.05. The first-order chi connectivity index (χ1) is 13.0. The molecule has 1 aliphatic heterocycles. The quantitative estimate of drug-likeness (QED) is 0.697. The smallest absolute Gasteiger partial charge is 0.234 e. The highest BCUT2D eigenvalue weighted by atomic mass is 35.5. The van der Waals surface area contributed by atoms with E-state index in [1.165, 1.54) is 18.5 Å². The van der Waals surface area contributed by atoms with Gasteiger partial charge in [0.2, 0.25) is 5.91 Å². The Morgan fingerprint density at radius 1 is 1.14 bits per heavy atom. The third kappa shape index (κ3) is 6.17. The van der Waals surface area contributed by atoms with Gasteiger partial charge in [0, 0.05) is 61.9 Å². The molecule has 9 heteroatoms. The van der Waals surface area contributed by atoms with Gasteiger partial charge in [-0.05, 0) is 39.5 Å². The van der Waals surface area contributed by atoms with E-state index < -0.39 is 0 Å². The molecule has 0 aromatic carbocycles. The summed E-state index contributed by atoms with van der Waals surface area (Å²) in [6.45, 7) is 8.05.